The Bertz CT molecular complexity index is 1060. The van der Waals surface area contributed by atoms with Gasteiger partial charge in [0.25, 0.3) is 11.5 Å². The number of pyridine rings is 1. The van der Waals surface area contributed by atoms with Crippen LogP contribution in [0.25, 0.3) is 10.9 Å². The third-order valence-corrected chi connectivity index (χ3v) is 5.03. The Hall–Kier alpha value is -2.30. The normalized spacial score (nSPS) is 10.9. The number of aryl methyl sites for hydroxylation is 2. The molecule has 0 aliphatic rings. The molecule has 4 nitrogen and oxygen atoms in total. The van der Waals surface area contributed by atoms with Gasteiger partial charge < -0.3 is 10.3 Å². The van der Waals surface area contributed by atoms with E-state index in [9.17, 15) is 9.59 Å². The van der Waals surface area contributed by atoms with E-state index in [2.05, 4.69) is 10.3 Å². The van der Waals surface area contributed by atoms with Crippen molar-refractivity contribution in [2.75, 3.05) is 6.54 Å². The second kappa shape index (κ2) is 7.52. The van der Waals surface area contributed by atoms with Crippen LogP contribution in [0.4, 0.5) is 0 Å². The van der Waals surface area contributed by atoms with Crippen LogP contribution in [0.5, 0.6) is 0 Å². The third kappa shape index (κ3) is 3.76. The minimum atomic E-state index is -0.296. The zero-order chi connectivity index (χ0) is 18.8. The van der Waals surface area contributed by atoms with Crippen molar-refractivity contribution in [1.29, 1.82) is 0 Å². The van der Waals surface area contributed by atoms with Gasteiger partial charge in [-0.1, -0.05) is 35.3 Å². The first kappa shape index (κ1) is 18.5. The van der Waals surface area contributed by atoms with Gasteiger partial charge in [-0.3, -0.25) is 9.59 Å². The number of halogens is 2. The van der Waals surface area contributed by atoms with Crippen molar-refractivity contribution in [2.45, 2.75) is 20.3 Å². The van der Waals surface area contributed by atoms with Gasteiger partial charge in [-0.2, -0.15) is 0 Å². The van der Waals surface area contributed by atoms with Crippen LogP contribution < -0.4 is 10.9 Å². The highest BCUT2D eigenvalue weighted by Crippen LogP contribution is 2.21. The summed E-state index contributed by atoms with van der Waals surface area (Å²) in [5.41, 5.74) is 3.91. The first-order valence-corrected chi connectivity index (χ1v) is 8.98. The molecule has 134 valence electrons. The SMILES string of the molecule is Cc1ccc2cc(CCNC(=O)c3ccc(Cl)cc3Cl)c(=O)[nH]c2c1C. The number of nitrogens with one attached hydrogen (secondary N) is 2. The Balaban J connectivity index is 1.74. The van der Waals surface area contributed by atoms with Gasteiger partial charge in [0.1, 0.15) is 0 Å². The molecule has 0 bridgehead atoms. The Labute approximate surface area is 161 Å². The number of carbonyl (C=O) groups excluding carboxylic acids is 1. The molecule has 0 saturated heterocycles. The maximum absolute atomic E-state index is 12.3. The zero-order valence-corrected chi connectivity index (χ0v) is 16.0. The molecule has 0 aliphatic carbocycles. The molecule has 0 aliphatic heterocycles. The Morgan fingerprint density at radius 3 is 2.62 bits per heavy atom. The summed E-state index contributed by atoms with van der Waals surface area (Å²) in [7, 11) is 0. The maximum Gasteiger partial charge on any atom is 0.252 e. The first-order chi connectivity index (χ1) is 12.4. The molecular weight excluding hydrogens is 371 g/mol. The average molecular weight is 389 g/mol. The number of hydrogen-bond acceptors (Lipinski definition) is 2. The number of benzene rings is 2. The molecule has 1 aromatic heterocycles. The van der Waals surface area contributed by atoms with Crippen LogP contribution in [-0.4, -0.2) is 17.4 Å². The van der Waals surface area contributed by atoms with Crippen LogP contribution in [0.15, 0.2) is 41.2 Å². The lowest BCUT2D eigenvalue weighted by atomic mass is 10.0. The summed E-state index contributed by atoms with van der Waals surface area (Å²) in [6, 6.07) is 10.6. The molecule has 6 heteroatoms. The summed E-state index contributed by atoms with van der Waals surface area (Å²) in [5.74, 6) is -0.296. The molecule has 1 amide bonds. The number of aromatic nitrogens is 1. The third-order valence-electron chi connectivity index (χ3n) is 4.48. The second-order valence-corrected chi connectivity index (χ2v) is 7.07. The lowest BCUT2D eigenvalue weighted by molar-refractivity contribution is 0.0954. The van der Waals surface area contributed by atoms with Gasteiger partial charge in [0.05, 0.1) is 16.1 Å². The molecule has 0 spiro atoms. The van der Waals surface area contributed by atoms with Crippen molar-refractivity contribution < 1.29 is 4.79 Å². The fourth-order valence-electron chi connectivity index (χ4n) is 2.84. The van der Waals surface area contributed by atoms with Gasteiger partial charge in [-0.15, -0.1) is 0 Å². The van der Waals surface area contributed by atoms with E-state index in [0.29, 0.717) is 34.1 Å². The van der Waals surface area contributed by atoms with E-state index in [1.165, 1.54) is 6.07 Å². The predicted molar refractivity (Wildman–Crippen MR) is 107 cm³/mol. The molecule has 3 aromatic rings. The van der Waals surface area contributed by atoms with Gasteiger partial charge in [-0.25, -0.2) is 0 Å². The van der Waals surface area contributed by atoms with E-state index >= 15 is 0 Å². The van der Waals surface area contributed by atoms with Crippen LogP contribution in [0.3, 0.4) is 0 Å². The fourth-order valence-corrected chi connectivity index (χ4v) is 3.33. The quantitative estimate of drug-likeness (QED) is 0.694. The Morgan fingerprint density at radius 1 is 1.12 bits per heavy atom. The minimum Gasteiger partial charge on any atom is -0.352 e. The monoisotopic (exact) mass is 388 g/mol. The van der Waals surface area contributed by atoms with Crippen LogP contribution in [0.2, 0.25) is 10.0 Å². The number of hydrogen-bond donors (Lipinski definition) is 2. The van der Waals surface area contributed by atoms with Crippen molar-refractivity contribution >= 4 is 40.0 Å². The summed E-state index contributed by atoms with van der Waals surface area (Å²) < 4.78 is 0. The number of rotatable bonds is 4. The lowest BCUT2D eigenvalue weighted by Crippen LogP contribution is -2.27. The number of carbonyl (C=O) groups is 1. The predicted octanol–water partition coefficient (Wildman–Crippen LogP) is 4.42. The summed E-state index contributed by atoms with van der Waals surface area (Å²) in [4.78, 5) is 27.5. The molecule has 0 atom stereocenters. The van der Waals surface area contributed by atoms with Gasteiger partial charge in [0.15, 0.2) is 0 Å². The van der Waals surface area contributed by atoms with E-state index in [0.717, 1.165) is 22.0 Å². The number of amides is 1. The van der Waals surface area contributed by atoms with Gasteiger partial charge >= 0.3 is 0 Å². The number of fused-ring (bicyclic) bond motifs is 1. The van der Waals surface area contributed by atoms with Crippen LogP contribution in [0.1, 0.15) is 27.0 Å². The summed E-state index contributed by atoms with van der Waals surface area (Å²) in [6.45, 7) is 4.33. The second-order valence-electron chi connectivity index (χ2n) is 6.23. The topological polar surface area (TPSA) is 62.0 Å². The molecule has 1 heterocycles. The number of aromatic amines is 1. The Kier molecular flexibility index (Phi) is 5.35. The standard InChI is InChI=1S/C20H18Cl2N2O2/c1-11-3-4-13-9-14(19(25)24-18(13)12(11)2)7-8-23-20(26)16-6-5-15(21)10-17(16)22/h3-6,9-10H,7-8H2,1-2H3,(H,23,26)(H,24,25). The average Bonchev–Trinajstić information content (AvgIpc) is 2.59. The maximum atomic E-state index is 12.3. The van der Waals surface area contributed by atoms with Crippen molar-refractivity contribution in [3.63, 3.8) is 0 Å². The Morgan fingerprint density at radius 2 is 1.88 bits per heavy atom. The van der Waals surface area contributed by atoms with Crippen LogP contribution >= 0.6 is 23.2 Å². The molecule has 0 unspecified atom stereocenters. The molecular formula is C20H18Cl2N2O2. The number of H-pyrrole nitrogens is 1. The van der Waals surface area contributed by atoms with Gasteiger partial charge in [0, 0.05) is 17.1 Å². The highest BCUT2D eigenvalue weighted by atomic mass is 35.5. The van der Waals surface area contributed by atoms with Crippen molar-refractivity contribution in [3.05, 3.63) is 79.1 Å². The smallest absolute Gasteiger partial charge is 0.252 e. The van der Waals surface area contributed by atoms with Gasteiger partial charge in [-0.05, 0) is 61.0 Å². The largest absolute Gasteiger partial charge is 0.352 e. The van der Waals surface area contributed by atoms with Crippen LogP contribution in [0, 0.1) is 13.8 Å². The molecule has 3 rings (SSSR count). The molecule has 0 fully saturated rings. The highest BCUT2D eigenvalue weighted by molar-refractivity contribution is 6.36. The van der Waals surface area contributed by atoms with Crippen molar-refractivity contribution in [3.8, 4) is 0 Å². The van der Waals surface area contributed by atoms with E-state index in [1.807, 2.05) is 32.0 Å². The molecule has 0 radical (unpaired) electrons. The van der Waals surface area contributed by atoms with E-state index in [4.69, 9.17) is 23.2 Å². The summed E-state index contributed by atoms with van der Waals surface area (Å²) in [5, 5.41) is 4.53. The van der Waals surface area contributed by atoms with Crippen LogP contribution in [-0.2, 0) is 6.42 Å². The van der Waals surface area contributed by atoms with E-state index < -0.39 is 0 Å². The molecule has 2 N–H and O–H groups in total. The van der Waals surface area contributed by atoms with Crippen molar-refractivity contribution in [1.82, 2.24) is 10.3 Å². The summed E-state index contributed by atoms with van der Waals surface area (Å²) in [6.07, 6.45) is 0.426. The zero-order valence-electron chi connectivity index (χ0n) is 14.5. The molecule has 26 heavy (non-hydrogen) atoms. The minimum absolute atomic E-state index is 0.134. The van der Waals surface area contributed by atoms with E-state index in [-0.39, 0.29) is 11.5 Å². The lowest BCUT2D eigenvalue weighted by Gasteiger charge is -2.09. The molecule has 0 saturated carbocycles. The van der Waals surface area contributed by atoms with E-state index in [1.54, 1.807) is 12.1 Å². The first-order valence-electron chi connectivity index (χ1n) is 8.22. The van der Waals surface area contributed by atoms with Gasteiger partial charge in [0.2, 0.25) is 0 Å². The highest BCUT2D eigenvalue weighted by Gasteiger charge is 2.11. The fraction of sp³-hybridized carbons (Fsp3) is 0.200. The molecule has 2 aromatic carbocycles. The van der Waals surface area contributed by atoms with Crippen molar-refractivity contribution in [2.24, 2.45) is 0 Å². The summed E-state index contributed by atoms with van der Waals surface area (Å²) >= 11 is 11.9.